The van der Waals surface area contributed by atoms with Crippen LogP contribution in [0.1, 0.15) is 29.3 Å². The molecule has 45 heavy (non-hydrogen) atoms. The van der Waals surface area contributed by atoms with Crippen LogP contribution in [0.25, 0.3) is 6.08 Å². The van der Waals surface area contributed by atoms with Crippen LogP contribution in [0.2, 0.25) is 0 Å². The van der Waals surface area contributed by atoms with Gasteiger partial charge in [0.15, 0.2) is 0 Å². The third-order valence-corrected chi connectivity index (χ3v) is 8.25. The van der Waals surface area contributed by atoms with E-state index in [-0.39, 0.29) is 22.8 Å². The summed E-state index contributed by atoms with van der Waals surface area (Å²) in [4.78, 5) is 43.1. The van der Waals surface area contributed by atoms with Crippen LogP contribution in [0.3, 0.4) is 0 Å². The van der Waals surface area contributed by atoms with E-state index in [0.29, 0.717) is 17.7 Å². The Bertz CT molecular complexity index is 1720. The number of hydrogen-bond donors (Lipinski definition) is 2. The minimum atomic E-state index is -0.465. The van der Waals surface area contributed by atoms with Crippen LogP contribution >= 0.6 is 11.8 Å². The van der Waals surface area contributed by atoms with Crippen molar-refractivity contribution in [3.05, 3.63) is 162 Å². The SMILES string of the molecule is CCC(Sc1cccc(NC(=O)/C(=C\c2ccccc2)NC(=O)c2ccccc2)c1)C(=O)N(c1ccccc1)c1ccccc1. The lowest BCUT2D eigenvalue weighted by Crippen LogP contribution is -2.34. The molecule has 0 aliphatic rings. The van der Waals surface area contributed by atoms with Gasteiger partial charge in [0.05, 0.1) is 5.25 Å². The van der Waals surface area contributed by atoms with Crippen LogP contribution < -0.4 is 15.5 Å². The number of anilines is 3. The van der Waals surface area contributed by atoms with Crippen molar-refractivity contribution >= 4 is 52.6 Å². The van der Waals surface area contributed by atoms with Crippen LogP contribution in [0.5, 0.6) is 0 Å². The maximum absolute atomic E-state index is 14.0. The Balaban J connectivity index is 1.35. The van der Waals surface area contributed by atoms with Gasteiger partial charge in [-0.05, 0) is 72.7 Å². The first-order valence-electron chi connectivity index (χ1n) is 14.7. The number of nitrogens with one attached hydrogen (secondary N) is 2. The average Bonchev–Trinajstić information content (AvgIpc) is 3.09. The van der Waals surface area contributed by atoms with Crippen molar-refractivity contribution in [3.63, 3.8) is 0 Å². The standard InChI is InChI=1S/C38H33N3O3S/c1-2-35(38(44)41(31-21-11-5-12-22-31)32-23-13-6-14-24-32)45-33-25-15-20-30(27-33)39-37(43)34(26-28-16-7-3-8-17-28)40-36(42)29-18-9-4-10-19-29/h3-27,35H,2H2,1H3,(H,39,43)(H,40,42)/b34-26+. The highest BCUT2D eigenvalue weighted by Crippen LogP contribution is 2.33. The van der Waals surface area contributed by atoms with Crippen LogP contribution in [0, 0.1) is 0 Å². The van der Waals surface area contributed by atoms with E-state index < -0.39 is 5.91 Å². The lowest BCUT2D eigenvalue weighted by atomic mass is 10.1. The summed E-state index contributed by atoms with van der Waals surface area (Å²) in [5, 5.41) is 5.32. The summed E-state index contributed by atoms with van der Waals surface area (Å²) in [6.07, 6.45) is 2.24. The fraction of sp³-hybridized carbons (Fsp3) is 0.0789. The van der Waals surface area contributed by atoms with E-state index in [2.05, 4.69) is 10.6 Å². The molecule has 0 aromatic heterocycles. The summed E-state index contributed by atoms with van der Waals surface area (Å²) in [5.41, 5.74) is 3.45. The summed E-state index contributed by atoms with van der Waals surface area (Å²) in [5.74, 6) is -0.887. The van der Waals surface area contributed by atoms with Crippen molar-refractivity contribution < 1.29 is 14.4 Å². The van der Waals surface area contributed by atoms with E-state index in [1.807, 2.05) is 122 Å². The van der Waals surface area contributed by atoms with Gasteiger partial charge in [-0.15, -0.1) is 11.8 Å². The molecule has 0 fully saturated rings. The largest absolute Gasteiger partial charge is 0.321 e. The zero-order chi connectivity index (χ0) is 31.4. The van der Waals surface area contributed by atoms with Crippen LogP contribution in [0.15, 0.2) is 156 Å². The topological polar surface area (TPSA) is 78.5 Å². The highest BCUT2D eigenvalue weighted by Gasteiger charge is 2.27. The molecular formula is C38H33N3O3S. The molecule has 0 saturated carbocycles. The summed E-state index contributed by atoms with van der Waals surface area (Å²) in [6.45, 7) is 1.99. The fourth-order valence-electron chi connectivity index (χ4n) is 4.68. The quantitative estimate of drug-likeness (QED) is 0.116. The molecule has 0 radical (unpaired) electrons. The van der Waals surface area contributed by atoms with Crippen molar-refractivity contribution in [1.82, 2.24) is 5.32 Å². The molecular weight excluding hydrogens is 579 g/mol. The minimum absolute atomic E-state index is 0.0361. The molecule has 0 saturated heterocycles. The molecule has 1 atom stereocenters. The molecule has 0 aliphatic carbocycles. The highest BCUT2D eigenvalue weighted by molar-refractivity contribution is 8.00. The summed E-state index contributed by atoms with van der Waals surface area (Å²) < 4.78 is 0. The van der Waals surface area contributed by atoms with Gasteiger partial charge in [0, 0.05) is 27.5 Å². The van der Waals surface area contributed by atoms with Gasteiger partial charge in [-0.25, -0.2) is 0 Å². The lowest BCUT2D eigenvalue weighted by molar-refractivity contribution is -0.117. The van der Waals surface area contributed by atoms with E-state index in [0.717, 1.165) is 21.8 Å². The first kappa shape index (κ1) is 31.0. The molecule has 0 heterocycles. The number of benzene rings is 5. The molecule has 5 aromatic carbocycles. The minimum Gasteiger partial charge on any atom is -0.321 e. The van der Waals surface area contributed by atoms with Gasteiger partial charge >= 0.3 is 0 Å². The second-order valence-electron chi connectivity index (χ2n) is 10.1. The van der Waals surface area contributed by atoms with Crippen molar-refractivity contribution in [3.8, 4) is 0 Å². The van der Waals surface area contributed by atoms with Gasteiger partial charge in [-0.3, -0.25) is 19.3 Å². The smallest absolute Gasteiger partial charge is 0.272 e. The van der Waals surface area contributed by atoms with Crippen LogP contribution in [-0.4, -0.2) is 23.0 Å². The third-order valence-electron chi connectivity index (χ3n) is 6.91. The van der Waals surface area contributed by atoms with E-state index in [4.69, 9.17) is 0 Å². The molecule has 1 unspecified atom stereocenters. The second-order valence-corrected chi connectivity index (χ2v) is 11.4. The zero-order valence-corrected chi connectivity index (χ0v) is 25.6. The van der Waals surface area contributed by atoms with Crippen molar-refractivity contribution in [1.29, 1.82) is 0 Å². The normalized spacial score (nSPS) is 11.7. The summed E-state index contributed by atoms with van der Waals surface area (Å²) in [6, 6.07) is 44.7. The van der Waals surface area contributed by atoms with Gasteiger partial charge in [-0.2, -0.15) is 0 Å². The van der Waals surface area contributed by atoms with Crippen LogP contribution in [0.4, 0.5) is 17.1 Å². The van der Waals surface area contributed by atoms with E-state index in [9.17, 15) is 14.4 Å². The summed E-state index contributed by atoms with van der Waals surface area (Å²) in [7, 11) is 0. The van der Waals surface area contributed by atoms with Gasteiger partial charge in [-0.1, -0.05) is 97.9 Å². The number of carbonyl (C=O) groups is 3. The van der Waals surface area contributed by atoms with E-state index in [1.54, 1.807) is 41.3 Å². The molecule has 0 bridgehead atoms. The fourth-order valence-corrected chi connectivity index (χ4v) is 5.73. The monoisotopic (exact) mass is 611 g/mol. The third kappa shape index (κ3) is 8.37. The van der Waals surface area contributed by atoms with Crippen molar-refractivity contribution in [2.45, 2.75) is 23.5 Å². The first-order chi connectivity index (χ1) is 22.0. The number of carbonyl (C=O) groups excluding carboxylic acids is 3. The molecule has 0 aliphatic heterocycles. The zero-order valence-electron chi connectivity index (χ0n) is 24.8. The number of amides is 3. The predicted molar refractivity (Wildman–Crippen MR) is 183 cm³/mol. The maximum atomic E-state index is 14.0. The molecule has 7 heteroatoms. The van der Waals surface area contributed by atoms with Gasteiger partial charge < -0.3 is 10.6 Å². The number of para-hydroxylation sites is 2. The predicted octanol–water partition coefficient (Wildman–Crippen LogP) is 8.33. The molecule has 6 nitrogen and oxygen atoms in total. The Morgan fingerprint density at radius 1 is 0.711 bits per heavy atom. The summed E-state index contributed by atoms with van der Waals surface area (Å²) >= 11 is 1.45. The molecule has 3 amide bonds. The van der Waals surface area contributed by atoms with Crippen molar-refractivity contribution in [2.75, 3.05) is 10.2 Å². The average molecular weight is 612 g/mol. The maximum Gasteiger partial charge on any atom is 0.272 e. The number of rotatable bonds is 11. The molecule has 5 aromatic rings. The molecule has 224 valence electrons. The first-order valence-corrected chi connectivity index (χ1v) is 15.5. The Morgan fingerprint density at radius 3 is 1.84 bits per heavy atom. The van der Waals surface area contributed by atoms with Gasteiger partial charge in [0.1, 0.15) is 5.70 Å². The van der Waals surface area contributed by atoms with Crippen molar-refractivity contribution in [2.24, 2.45) is 0 Å². The number of nitrogens with zero attached hydrogens (tertiary/aromatic N) is 1. The Morgan fingerprint density at radius 2 is 1.27 bits per heavy atom. The van der Waals surface area contributed by atoms with Gasteiger partial charge in [0.2, 0.25) is 5.91 Å². The highest BCUT2D eigenvalue weighted by atomic mass is 32.2. The Kier molecular flexibility index (Phi) is 10.6. The van der Waals surface area contributed by atoms with Crippen LogP contribution in [-0.2, 0) is 9.59 Å². The Labute approximate surface area is 267 Å². The molecule has 5 rings (SSSR count). The second kappa shape index (κ2) is 15.4. The van der Waals surface area contributed by atoms with E-state index >= 15 is 0 Å². The number of hydrogen-bond acceptors (Lipinski definition) is 4. The molecule has 2 N–H and O–H groups in total. The molecule has 0 spiro atoms. The number of thioether (sulfide) groups is 1. The lowest BCUT2D eigenvalue weighted by Gasteiger charge is -2.27. The Hall–Kier alpha value is -5.40. The van der Waals surface area contributed by atoms with Gasteiger partial charge in [0.25, 0.3) is 11.8 Å². The van der Waals surface area contributed by atoms with E-state index in [1.165, 1.54) is 11.8 Å².